The van der Waals surface area contributed by atoms with Crippen LogP contribution in [0.4, 0.5) is 0 Å². The molecule has 0 aromatic rings. The number of aldehydes is 1. The van der Waals surface area contributed by atoms with Gasteiger partial charge in [0, 0.05) is 17.9 Å². The standard InChI is InChI=1S/C25H35NO4/c1-5-6-7-30-14-24-11-19-16(4)17(12-26)8-21(19)23(13-27)10-18(24)9-20(15(2)3)25(23,24)22(28)29/h9,13,15-19,21H,5-8,10-11,14H2,1-4H3,(H,28,29)/t16-,17+,18+,19?,21?,23+,24?,25-/m1/s1. The summed E-state index contributed by atoms with van der Waals surface area (Å²) in [4.78, 5) is 26.2. The Hall–Kier alpha value is -1.67. The lowest BCUT2D eigenvalue weighted by Gasteiger charge is -2.58. The zero-order valence-corrected chi connectivity index (χ0v) is 18.7. The van der Waals surface area contributed by atoms with E-state index in [4.69, 9.17) is 4.74 Å². The molecule has 4 rings (SSSR count). The zero-order chi connectivity index (χ0) is 21.9. The molecule has 30 heavy (non-hydrogen) atoms. The Morgan fingerprint density at radius 3 is 2.73 bits per heavy atom. The van der Waals surface area contributed by atoms with Crippen LogP contribution in [0.2, 0.25) is 0 Å². The van der Waals surface area contributed by atoms with Crippen molar-refractivity contribution in [3.05, 3.63) is 11.6 Å². The molecule has 4 aliphatic rings. The van der Waals surface area contributed by atoms with Gasteiger partial charge >= 0.3 is 5.97 Å². The molecule has 164 valence electrons. The van der Waals surface area contributed by atoms with Crippen LogP contribution in [0, 0.1) is 63.1 Å². The summed E-state index contributed by atoms with van der Waals surface area (Å²) in [6.07, 6.45) is 7.13. The number of nitriles is 1. The number of carbonyl (C=O) groups excluding carboxylic acids is 1. The van der Waals surface area contributed by atoms with Crippen molar-refractivity contribution in [3.8, 4) is 6.07 Å². The summed E-state index contributed by atoms with van der Waals surface area (Å²) in [5.41, 5.74) is -1.82. The molecule has 5 nitrogen and oxygen atoms in total. The largest absolute Gasteiger partial charge is 0.481 e. The molecule has 5 heteroatoms. The van der Waals surface area contributed by atoms with E-state index in [1.807, 2.05) is 13.8 Å². The maximum absolute atomic E-state index is 13.3. The van der Waals surface area contributed by atoms with Gasteiger partial charge in [0.05, 0.1) is 18.1 Å². The van der Waals surface area contributed by atoms with Gasteiger partial charge in [-0.25, -0.2) is 0 Å². The first-order valence-corrected chi connectivity index (χ1v) is 11.7. The highest BCUT2D eigenvalue weighted by Crippen LogP contribution is 2.82. The zero-order valence-electron chi connectivity index (χ0n) is 18.7. The highest BCUT2D eigenvalue weighted by atomic mass is 16.5. The number of allylic oxidation sites excluding steroid dienone is 1. The lowest BCUT2D eigenvalue weighted by molar-refractivity contribution is -0.186. The summed E-state index contributed by atoms with van der Waals surface area (Å²) >= 11 is 0. The third-order valence-electron chi connectivity index (χ3n) is 9.44. The highest BCUT2D eigenvalue weighted by Gasteiger charge is 2.84. The molecule has 4 aliphatic carbocycles. The molecule has 0 spiro atoms. The predicted octanol–water partition coefficient (Wildman–Crippen LogP) is 4.48. The monoisotopic (exact) mass is 413 g/mol. The molecular formula is C25H35NO4. The fourth-order valence-electron chi connectivity index (χ4n) is 8.30. The summed E-state index contributed by atoms with van der Waals surface area (Å²) < 4.78 is 6.17. The first-order valence-electron chi connectivity index (χ1n) is 11.7. The van der Waals surface area contributed by atoms with E-state index in [1.54, 1.807) is 0 Å². The van der Waals surface area contributed by atoms with E-state index in [9.17, 15) is 20.0 Å². The number of unbranched alkanes of at least 4 members (excludes halogenated alkanes) is 1. The van der Waals surface area contributed by atoms with Crippen molar-refractivity contribution in [2.75, 3.05) is 13.2 Å². The summed E-state index contributed by atoms with van der Waals surface area (Å²) in [6, 6.07) is 2.45. The third kappa shape index (κ3) is 2.27. The van der Waals surface area contributed by atoms with Crippen LogP contribution in [-0.4, -0.2) is 30.6 Å². The first kappa shape index (κ1) is 21.6. The van der Waals surface area contributed by atoms with E-state index < -0.39 is 22.2 Å². The number of nitrogens with zero attached hydrogens (tertiary/aromatic N) is 1. The van der Waals surface area contributed by atoms with E-state index in [0.29, 0.717) is 26.1 Å². The van der Waals surface area contributed by atoms with Crippen molar-refractivity contribution in [2.45, 2.75) is 59.8 Å². The van der Waals surface area contributed by atoms with Crippen molar-refractivity contribution in [1.29, 1.82) is 5.26 Å². The van der Waals surface area contributed by atoms with Gasteiger partial charge in [0.15, 0.2) is 0 Å². The molecule has 4 bridgehead atoms. The number of rotatable bonds is 8. The Balaban J connectivity index is 1.90. The number of fused-ring (bicyclic) bond motifs is 2. The average molecular weight is 414 g/mol. The molecule has 3 fully saturated rings. The van der Waals surface area contributed by atoms with Crippen LogP contribution in [0.15, 0.2) is 11.6 Å². The quantitative estimate of drug-likeness (QED) is 0.360. The van der Waals surface area contributed by atoms with E-state index in [2.05, 4.69) is 26.0 Å². The van der Waals surface area contributed by atoms with Gasteiger partial charge in [-0.3, -0.25) is 4.79 Å². The number of ether oxygens (including phenoxy) is 1. The van der Waals surface area contributed by atoms with Gasteiger partial charge in [-0.05, 0) is 55.3 Å². The van der Waals surface area contributed by atoms with E-state index in [-0.39, 0.29) is 35.5 Å². The number of carboxylic acid groups (broad SMARTS) is 1. The maximum Gasteiger partial charge on any atom is 0.315 e. The van der Waals surface area contributed by atoms with Crippen LogP contribution in [0.1, 0.15) is 59.8 Å². The Morgan fingerprint density at radius 2 is 2.17 bits per heavy atom. The van der Waals surface area contributed by atoms with Crippen LogP contribution in [0.25, 0.3) is 0 Å². The number of hydrogen-bond donors (Lipinski definition) is 1. The lowest BCUT2D eigenvalue weighted by Crippen LogP contribution is -2.63. The van der Waals surface area contributed by atoms with Gasteiger partial charge in [-0.15, -0.1) is 0 Å². The van der Waals surface area contributed by atoms with Gasteiger partial charge < -0.3 is 14.6 Å². The average Bonchev–Trinajstić information content (AvgIpc) is 3.25. The molecule has 0 amide bonds. The Morgan fingerprint density at radius 1 is 1.43 bits per heavy atom. The van der Waals surface area contributed by atoms with Gasteiger partial charge in [0.1, 0.15) is 11.7 Å². The third-order valence-corrected chi connectivity index (χ3v) is 9.44. The second-order valence-corrected chi connectivity index (χ2v) is 10.7. The fourth-order valence-corrected chi connectivity index (χ4v) is 8.30. The Kier molecular flexibility index (Phi) is 5.17. The van der Waals surface area contributed by atoms with E-state index >= 15 is 0 Å². The van der Waals surface area contributed by atoms with Crippen molar-refractivity contribution >= 4 is 12.3 Å². The minimum atomic E-state index is -1.21. The molecular weight excluding hydrogens is 378 g/mol. The molecule has 0 saturated heterocycles. The normalized spacial score (nSPS) is 45.9. The highest BCUT2D eigenvalue weighted by molar-refractivity contribution is 5.90. The molecule has 3 unspecified atom stereocenters. The molecule has 0 radical (unpaired) electrons. The summed E-state index contributed by atoms with van der Waals surface area (Å²) in [5, 5.41) is 20.6. The van der Waals surface area contributed by atoms with Gasteiger partial charge in [0.2, 0.25) is 0 Å². The van der Waals surface area contributed by atoms with Gasteiger partial charge in [-0.2, -0.15) is 5.26 Å². The lowest BCUT2D eigenvalue weighted by atomic mass is 9.43. The van der Waals surface area contributed by atoms with Gasteiger partial charge in [-0.1, -0.05) is 45.8 Å². The fraction of sp³-hybridized carbons (Fsp3) is 0.800. The maximum atomic E-state index is 13.3. The molecule has 0 aromatic carbocycles. The molecule has 0 aromatic heterocycles. The SMILES string of the molecule is CCCCOCC12CC3C(C[C@@H](C#N)[C@H]3C)[C@@]3(C=O)C[C@@H]1C=C(C(C)C)[C@]23C(=O)O. The van der Waals surface area contributed by atoms with Crippen LogP contribution in [-0.2, 0) is 14.3 Å². The minimum absolute atomic E-state index is 0.0398. The topological polar surface area (TPSA) is 87.4 Å². The van der Waals surface area contributed by atoms with Crippen molar-refractivity contribution in [2.24, 2.45) is 51.8 Å². The molecule has 8 atom stereocenters. The molecule has 3 saturated carbocycles. The molecule has 0 aliphatic heterocycles. The minimum Gasteiger partial charge on any atom is -0.481 e. The molecule has 0 heterocycles. The van der Waals surface area contributed by atoms with Crippen LogP contribution >= 0.6 is 0 Å². The van der Waals surface area contributed by atoms with Crippen LogP contribution in [0.3, 0.4) is 0 Å². The Bertz CT molecular complexity index is 812. The second kappa shape index (κ2) is 7.19. The first-order chi connectivity index (χ1) is 14.3. The van der Waals surface area contributed by atoms with Gasteiger partial charge in [0.25, 0.3) is 0 Å². The second-order valence-electron chi connectivity index (χ2n) is 10.7. The smallest absolute Gasteiger partial charge is 0.315 e. The molecule has 1 N–H and O–H groups in total. The number of carbonyl (C=O) groups is 2. The van der Waals surface area contributed by atoms with E-state index in [0.717, 1.165) is 31.1 Å². The number of carboxylic acids is 1. The summed E-state index contributed by atoms with van der Waals surface area (Å²) in [7, 11) is 0. The summed E-state index contributed by atoms with van der Waals surface area (Å²) in [5.74, 6) is -0.515. The summed E-state index contributed by atoms with van der Waals surface area (Å²) in [6.45, 7) is 9.34. The van der Waals surface area contributed by atoms with Crippen molar-refractivity contribution < 1.29 is 19.4 Å². The predicted molar refractivity (Wildman–Crippen MR) is 112 cm³/mol. The van der Waals surface area contributed by atoms with E-state index in [1.165, 1.54) is 0 Å². The van der Waals surface area contributed by atoms with Crippen LogP contribution in [0.5, 0.6) is 0 Å². The van der Waals surface area contributed by atoms with Crippen LogP contribution < -0.4 is 0 Å². The number of hydrogen-bond acceptors (Lipinski definition) is 4. The Labute approximate surface area is 179 Å². The van der Waals surface area contributed by atoms with Crippen molar-refractivity contribution in [3.63, 3.8) is 0 Å². The van der Waals surface area contributed by atoms with Crippen molar-refractivity contribution in [1.82, 2.24) is 0 Å². The number of aliphatic carboxylic acids is 1.